The first-order chi connectivity index (χ1) is 20.9. The van der Waals surface area contributed by atoms with Crippen LogP contribution in [0.5, 0.6) is 0 Å². The second-order valence-electron chi connectivity index (χ2n) is 10.4. The predicted molar refractivity (Wildman–Crippen MR) is 171 cm³/mol. The molecule has 0 bridgehead atoms. The fourth-order valence-corrected chi connectivity index (χ4v) is 6.30. The van der Waals surface area contributed by atoms with Gasteiger partial charge in [0.1, 0.15) is 11.7 Å². The molecule has 0 aliphatic carbocycles. The van der Waals surface area contributed by atoms with Crippen LogP contribution in [0.2, 0.25) is 0 Å². The second kappa shape index (κ2) is 8.81. The van der Waals surface area contributed by atoms with E-state index in [9.17, 15) is 0 Å². The highest BCUT2D eigenvalue weighted by molar-refractivity contribution is 6.23. The first kappa shape index (κ1) is 22.9. The van der Waals surface area contributed by atoms with Gasteiger partial charge in [-0.3, -0.25) is 19.1 Å². The van der Waals surface area contributed by atoms with Gasteiger partial charge in [-0.1, -0.05) is 72.8 Å². The molecule has 4 aromatic carbocycles. The number of pyridine rings is 2. The summed E-state index contributed by atoms with van der Waals surface area (Å²) in [5.74, 6) is 1.54. The number of aliphatic imine (C=N–C) groups is 2. The molecule has 0 unspecified atom stereocenters. The Labute approximate surface area is 240 Å². The van der Waals surface area contributed by atoms with Gasteiger partial charge in [0.25, 0.3) is 0 Å². The smallest absolute Gasteiger partial charge is 0.149 e. The van der Waals surface area contributed by atoms with Crippen molar-refractivity contribution in [1.82, 2.24) is 19.1 Å². The van der Waals surface area contributed by atoms with E-state index in [2.05, 4.69) is 116 Å². The molecule has 5 heterocycles. The summed E-state index contributed by atoms with van der Waals surface area (Å²) in [7, 11) is 0. The molecule has 1 aliphatic rings. The summed E-state index contributed by atoms with van der Waals surface area (Å²) in [6.45, 7) is 0. The average Bonchev–Trinajstić information content (AvgIpc) is 3.55. The molecule has 42 heavy (non-hydrogen) atoms. The van der Waals surface area contributed by atoms with E-state index < -0.39 is 0 Å². The van der Waals surface area contributed by atoms with Crippen LogP contribution in [-0.2, 0) is 0 Å². The quantitative estimate of drug-likeness (QED) is 0.195. The first-order valence-corrected chi connectivity index (χ1v) is 13.9. The van der Waals surface area contributed by atoms with Gasteiger partial charge in [0.15, 0.2) is 0 Å². The van der Waals surface area contributed by atoms with Gasteiger partial charge in [0.2, 0.25) is 0 Å². The highest BCUT2D eigenvalue weighted by Crippen LogP contribution is 2.37. The van der Waals surface area contributed by atoms with E-state index in [1.165, 1.54) is 21.5 Å². The Kier molecular flexibility index (Phi) is 4.80. The van der Waals surface area contributed by atoms with Crippen LogP contribution in [0.15, 0.2) is 144 Å². The number of hydrogen-bond donors (Lipinski definition) is 0. The lowest BCUT2D eigenvalue weighted by Gasteiger charge is -2.20. The maximum Gasteiger partial charge on any atom is 0.149 e. The van der Waals surface area contributed by atoms with Crippen LogP contribution >= 0.6 is 0 Å². The zero-order chi connectivity index (χ0) is 27.6. The molecule has 4 aromatic heterocycles. The molecule has 8 aromatic rings. The van der Waals surface area contributed by atoms with Crippen molar-refractivity contribution < 1.29 is 0 Å². The predicted octanol–water partition coefficient (Wildman–Crippen LogP) is 8.26. The molecule has 0 saturated carbocycles. The number of benzene rings is 4. The van der Waals surface area contributed by atoms with Gasteiger partial charge in [0, 0.05) is 46.3 Å². The molecule has 0 radical (unpaired) electrons. The van der Waals surface area contributed by atoms with E-state index in [0.717, 1.165) is 56.2 Å². The lowest BCUT2D eigenvalue weighted by Crippen LogP contribution is -2.19. The number of rotatable bonds is 0. The van der Waals surface area contributed by atoms with Crippen molar-refractivity contribution in [3.8, 4) is 0 Å². The Bertz CT molecular complexity index is 2150. The molecular weight excluding hydrogens is 516 g/mol. The van der Waals surface area contributed by atoms with Crippen molar-refractivity contribution in [3.05, 3.63) is 145 Å². The van der Waals surface area contributed by atoms with Crippen LogP contribution in [0, 0.1) is 0 Å². The summed E-state index contributed by atoms with van der Waals surface area (Å²) in [4.78, 5) is 19.9. The Balaban J connectivity index is 1.41. The van der Waals surface area contributed by atoms with Crippen LogP contribution in [-0.4, -0.2) is 30.8 Å². The van der Waals surface area contributed by atoms with Crippen molar-refractivity contribution in [2.75, 3.05) is 0 Å². The van der Waals surface area contributed by atoms with Gasteiger partial charge in [-0.05, 0) is 36.4 Å². The van der Waals surface area contributed by atoms with E-state index in [1.807, 2.05) is 24.5 Å². The molecule has 9 rings (SSSR count). The van der Waals surface area contributed by atoms with Crippen molar-refractivity contribution in [2.24, 2.45) is 9.98 Å². The van der Waals surface area contributed by atoms with Crippen molar-refractivity contribution >= 4 is 66.7 Å². The van der Waals surface area contributed by atoms with Crippen molar-refractivity contribution in [3.63, 3.8) is 0 Å². The lowest BCUT2D eigenvalue weighted by atomic mass is 10.1. The molecule has 0 fully saturated rings. The summed E-state index contributed by atoms with van der Waals surface area (Å²) >= 11 is 0. The number of fused-ring (bicyclic) bond motifs is 8. The Morgan fingerprint density at radius 2 is 0.714 bits per heavy atom. The maximum atomic E-state index is 5.41. The van der Waals surface area contributed by atoms with E-state index in [-0.39, 0.29) is 0 Å². The number of para-hydroxylation sites is 4. The molecule has 0 amide bonds. The summed E-state index contributed by atoms with van der Waals surface area (Å²) < 4.78 is 4.46. The molecule has 6 heteroatoms. The Morgan fingerprint density at radius 3 is 1.07 bits per heavy atom. The Morgan fingerprint density at radius 1 is 0.381 bits per heavy atom. The maximum absolute atomic E-state index is 5.41. The monoisotopic (exact) mass is 538 g/mol. The summed E-state index contributed by atoms with van der Waals surface area (Å²) in [6, 6.07) is 37.8. The molecule has 6 nitrogen and oxygen atoms in total. The van der Waals surface area contributed by atoms with Gasteiger partial charge in [-0.2, -0.15) is 0 Å². The van der Waals surface area contributed by atoms with Crippen LogP contribution in [0.3, 0.4) is 0 Å². The third-order valence-electron chi connectivity index (χ3n) is 8.11. The van der Waals surface area contributed by atoms with Gasteiger partial charge in [-0.15, -0.1) is 0 Å². The highest BCUT2D eigenvalue weighted by Gasteiger charge is 2.25. The van der Waals surface area contributed by atoms with Gasteiger partial charge in [-0.25, -0.2) is 9.98 Å². The van der Waals surface area contributed by atoms with E-state index in [1.54, 1.807) is 12.4 Å². The summed E-state index contributed by atoms with van der Waals surface area (Å²) in [5, 5.41) is 4.70. The normalized spacial score (nSPS) is 13.0. The highest BCUT2D eigenvalue weighted by atomic mass is 15.1. The number of aromatic nitrogens is 4. The van der Waals surface area contributed by atoms with E-state index in [0.29, 0.717) is 0 Å². The first-order valence-electron chi connectivity index (χ1n) is 13.9. The topological polar surface area (TPSA) is 60.4 Å². The molecular formula is C36H22N6. The average molecular weight is 539 g/mol. The minimum absolute atomic E-state index is 0.771. The van der Waals surface area contributed by atoms with Crippen molar-refractivity contribution in [1.29, 1.82) is 0 Å². The van der Waals surface area contributed by atoms with E-state index >= 15 is 0 Å². The second-order valence-corrected chi connectivity index (χ2v) is 10.4. The van der Waals surface area contributed by atoms with Crippen LogP contribution in [0.25, 0.3) is 43.6 Å². The standard InChI is InChI=1S/C36H22N6/c1-5-13-31-23(9-1)24-10-2-6-14-32(24)41(31)35-27-21-37-19-17-29(27)40-36(28-22-38-20-18-30(28)39-35)42-33-15-7-3-11-25(33)26-12-4-8-16-34(26)42/h1-22H. The molecule has 1 aliphatic heterocycles. The number of nitrogens with zero attached hydrogens (tertiary/aromatic N) is 6. The zero-order valence-corrected chi connectivity index (χ0v) is 22.4. The summed E-state index contributed by atoms with van der Waals surface area (Å²) in [5.41, 5.74) is 7.60. The molecule has 0 atom stereocenters. The van der Waals surface area contributed by atoms with E-state index in [4.69, 9.17) is 9.98 Å². The minimum Gasteiger partial charge on any atom is -0.293 e. The van der Waals surface area contributed by atoms with Gasteiger partial charge in [0.05, 0.1) is 44.6 Å². The lowest BCUT2D eigenvalue weighted by molar-refractivity contribution is 1.17. The van der Waals surface area contributed by atoms with Crippen LogP contribution < -0.4 is 0 Å². The van der Waals surface area contributed by atoms with Gasteiger partial charge >= 0.3 is 0 Å². The van der Waals surface area contributed by atoms with Crippen LogP contribution in [0.4, 0.5) is 11.4 Å². The number of hydrogen-bond acceptors (Lipinski definition) is 4. The molecule has 0 N–H and O–H groups in total. The fraction of sp³-hybridized carbons (Fsp3) is 0. The largest absolute Gasteiger partial charge is 0.293 e. The third kappa shape index (κ3) is 3.20. The summed E-state index contributed by atoms with van der Waals surface area (Å²) in [6.07, 6.45) is 7.33. The molecule has 0 spiro atoms. The zero-order valence-electron chi connectivity index (χ0n) is 22.4. The van der Waals surface area contributed by atoms with Crippen LogP contribution in [0.1, 0.15) is 11.1 Å². The molecule has 196 valence electrons. The minimum atomic E-state index is 0.771. The Hall–Kier alpha value is -5.88. The van der Waals surface area contributed by atoms with Crippen molar-refractivity contribution in [2.45, 2.75) is 0 Å². The molecule has 0 saturated heterocycles. The SMILES string of the molecule is c1ccc2c(c1)c1ccccc1n2C1=Nc2ccncc2C(n2c3ccccc3c3ccccc32)=Nc2ccncc21. The third-order valence-corrected chi connectivity index (χ3v) is 8.11. The van der Waals surface area contributed by atoms with Gasteiger partial charge < -0.3 is 0 Å². The fourth-order valence-electron chi connectivity index (χ4n) is 6.30.